The number of aromatic nitrogens is 2. The first-order valence-corrected chi connectivity index (χ1v) is 11.0. The number of benzene rings is 1. The first-order chi connectivity index (χ1) is 16.4. The molecule has 0 radical (unpaired) electrons. The third-order valence-corrected chi connectivity index (χ3v) is 6.31. The van der Waals surface area contributed by atoms with Crippen molar-refractivity contribution in [2.75, 3.05) is 24.5 Å². The van der Waals surface area contributed by atoms with Crippen LogP contribution in [0.25, 0.3) is 0 Å². The number of nitriles is 1. The molecule has 10 nitrogen and oxygen atoms in total. The highest BCUT2D eigenvalue weighted by atomic mass is 19.1. The number of carbonyl (C=O) groups excluding carboxylic acids is 2. The summed E-state index contributed by atoms with van der Waals surface area (Å²) in [5, 5.41) is 32.4. The highest BCUT2D eigenvalue weighted by molar-refractivity contribution is 5.90. The smallest absolute Gasteiger partial charge is 0.255 e. The topological polar surface area (TPSA) is 143 Å². The SMILES string of the molecule is N#Cc1cc(F)ccc1N1CCC(CNC(=O)[C@H](O)[C@@H](O)C(=O)N2Cc3cncnc3C2)CC1. The lowest BCUT2D eigenvalue weighted by molar-refractivity contribution is -0.153. The summed E-state index contributed by atoms with van der Waals surface area (Å²) in [5.74, 6) is -1.90. The lowest BCUT2D eigenvalue weighted by atomic mass is 9.95. The number of amides is 2. The standard InChI is InChI=1S/C23H25FN6O4/c24-17-1-2-19(15(7-17)8-25)29-5-3-14(4-6-29)9-27-22(33)20(31)21(32)23(34)30-11-16-10-26-13-28-18(16)12-30/h1-2,7,10,13-14,20-21,31-32H,3-6,9,11-12H2,(H,27,33)/t20-,21-/m1/s1. The molecule has 2 amide bonds. The number of fused-ring (bicyclic) bond motifs is 1. The average molecular weight is 468 g/mol. The number of halogens is 1. The van der Waals surface area contributed by atoms with Gasteiger partial charge in [-0.15, -0.1) is 0 Å². The van der Waals surface area contributed by atoms with Crippen molar-refractivity contribution in [3.63, 3.8) is 0 Å². The molecule has 1 aromatic carbocycles. The maximum absolute atomic E-state index is 13.4. The van der Waals surface area contributed by atoms with Gasteiger partial charge in [0.2, 0.25) is 0 Å². The number of anilines is 1. The highest BCUT2D eigenvalue weighted by Gasteiger charge is 2.36. The summed E-state index contributed by atoms with van der Waals surface area (Å²) in [6.45, 7) is 1.93. The number of rotatable bonds is 6. The molecule has 2 atom stereocenters. The zero-order valence-corrected chi connectivity index (χ0v) is 18.4. The molecule has 34 heavy (non-hydrogen) atoms. The molecule has 2 aromatic rings. The normalized spacial score (nSPS) is 17.6. The molecular formula is C23H25FN6O4. The molecule has 0 saturated carbocycles. The van der Waals surface area contributed by atoms with Gasteiger partial charge in [-0.05, 0) is 37.0 Å². The second-order valence-corrected chi connectivity index (χ2v) is 8.53. The minimum Gasteiger partial charge on any atom is -0.380 e. The van der Waals surface area contributed by atoms with Gasteiger partial charge in [-0.3, -0.25) is 9.59 Å². The van der Waals surface area contributed by atoms with Crippen molar-refractivity contribution >= 4 is 17.5 Å². The summed E-state index contributed by atoms with van der Waals surface area (Å²) < 4.78 is 13.4. The van der Waals surface area contributed by atoms with Crippen molar-refractivity contribution in [2.45, 2.75) is 38.1 Å². The summed E-state index contributed by atoms with van der Waals surface area (Å²) in [7, 11) is 0. The van der Waals surface area contributed by atoms with Crippen LogP contribution in [0.4, 0.5) is 10.1 Å². The van der Waals surface area contributed by atoms with Gasteiger partial charge < -0.3 is 25.3 Å². The van der Waals surface area contributed by atoms with E-state index >= 15 is 0 Å². The lowest BCUT2D eigenvalue weighted by Gasteiger charge is -2.34. The van der Waals surface area contributed by atoms with Gasteiger partial charge in [0.15, 0.2) is 12.2 Å². The van der Waals surface area contributed by atoms with Gasteiger partial charge in [-0.2, -0.15) is 5.26 Å². The fourth-order valence-corrected chi connectivity index (χ4v) is 4.32. The van der Waals surface area contributed by atoms with Crippen LogP contribution in [0.1, 0.15) is 29.7 Å². The van der Waals surface area contributed by atoms with Crippen molar-refractivity contribution in [1.82, 2.24) is 20.2 Å². The van der Waals surface area contributed by atoms with Crippen LogP contribution in [-0.2, 0) is 22.7 Å². The fraction of sp³-hybridized carbons (Fsp3) is 0.435. The van der Waals surface area contributed by atoms with Crippen molar-refractivity contribution < 1.29 is 24.2 Å². The number of hydrogen-bond acceptors (Lipinski definition) is 8. The molecule has 0 spiro atoms. The predicted octanol–water partition coefficient (Wildman–Crippen LogP) is 0.0842. The summed E-state index contributed by atoms with van der Waals surface area (Å²) >= 11 is 0. The Balaban J connectivity index is 1.24. The molecule has 4 rings (SSSR count). The first-order valence-electron chi connectivity index (χ1n) is 11.0. The largest absolute Gasteiger partial charge is 0.380 e. The second-order valence-electron chi connectivity index (χ2n) is 8.53. The molecule has 1 fully saturated rings. The minimum absolute atomic E-state index is 0.123. The summed E-state index contributed by atoms with van der Waals surface area (Å²) in [6, 6.07) is 6.14. The monoisotopic (exact) mass is 468 g/mol. The van der Waals surface area contributed by atoms with Crippen molar-refractivity contribution in [3.05, 3.63) is 53.4 Å². The molecule has 2 aliphatic heterocycles. The van der Waals surface area contributed by atoms with Crippen LogP contribution in [0.3, 0.4) is 0 Å². The number of carbonyl (C=O) groups is 2. The molecule has 2 aliphatic rings. The van der Waals surface area contributed by atoms with E-state index in [4.69, 9.17) is 0 Å². The zero-order valence-electron chi connectivity index (χ0n) is 18.4. The number of nitrogens with one attached hydrogen (secondary N) is 1. The predicted molar refractivity (Wildman–Crippen MR) is 117 cm³/mol. The maximum atomic E-state index is 13.4. The molecule has 1 saturated heterocycles. The second kappa shape index (κ2) is 10.1. The fourth-order valence-electron chi connectivity index (χ4n) is 4.32. The van der Waals surface area contributed by atoms with Gasteiger partial charge >= 0.3 is 0 Å². The van der Waals surface area contributed by atoms with E-state index in [0.29, 0.717) is 37.3 Å². The number of nitrogens with zero attached hydrogens (tertiary/aromatic N) is 5. The van der Waals surface area contributed by atoms with E-state index in [1.54, 1.807) is 12.3 Å². The zero-order chi connectivity index (χ0) is 24.2. The Morgan fingerprint density at radius 2 is 2.00 bits per heavy atom. The molecule has 3 heterocycles. The van der Waals surface area contributed by atoms with Crippen LogP contribution < -0.4 is 10.2 Å². The van der Waals surface area contributed by atoms with E-state index in [2.05, 4.69) is 15.3 Å². The van der Waals surface area contributed by atoms with Gasteiger partial charge in [-0.25, -0.2) is 14.4 Å². The Hall–Kier alpha value is -3.62. The molecule has 3 N–H and O–H groups in total. The van der Waals surface area contributed by atoms with E-state index in [-0.39, 0.29) is 31.1 Å². The van der Waals surface area contributed by atoms with Crippen LogP contribution in [0.2, 0.25) is 0 Å². The molecular weight excluding hydrogens is 443 g/mol. The summed E-state index contributed by atoms with van der Waals surface area (Å²) in [5.41, 5.74) is 2.39. The summed E-state index contributed by atoms with van der Waals surface area (Å²) in [6.07, 6.45) is 0.623. The Morgan fingerprint density at radius 3 is 2.71 bits per heavy atom. The van der Waals surface area contributed by atoms with Gasteiger partial charge in [0, 0.05) is 37.9 Å². The van der Waals surface area contributed by atoms with Crippen LogP contribution in [0, 0.1) is 23.1 Å². The van der Waals surface area contributed by atoms with Crippen LogP contribution in [0.15, 0.2) is 30.7 Å². The molecule has 178 valence electrons. The van der Waals surface area contributed by atoms with Crippen molar-refractivity contribution in [2.24, 2.45) is 5.92 Å². The third kappa shape index (κ3) is 4.98. The average Bonchev–Trinajstić information content (AvgIpc) is 3.30. The van der Waals surface area contributed by atoms with Gasteiger partial charge in [0.1, 0.15) is 18.2 Å². The summed E-state index contributed by atoms with van der Waals surface area (Å²) in [4.78, 5) is 36.2. The number of piperidine rings is 1. The van der Waals surface area contributed by atoms with E-state index < -0.39 is 29.8 Å². The number of aliphatic hydroxyl groups excluding tert-OH is 2. The van der Waals surface area contributed by atoms with Crippen LogP contribution >= 0.6 is 0 Å². The minimum atomic E-state index is -1.89. The van der Waals surface area contributed by atoms with E-state index in [1.807, 2.05) is 11.0 Å². The number of hydrogen-bond donors (Lipinski definition) is 3. The van der Waals surface area contributed by atoms with E-state index in [9.17, 15) is 29.5 Å². The van der Waals surface area contributed by atoms with E-state index in [0.717, 1.165) is 5.56 Å². The van der Waals surface area contributed by atoms with Gasteiger partial charge in [0.25, 0.3) is 11.8 Å². The van der Waals surface area contributed by atoms with Gasteiger partial charge in [0.05, 0.1) is 23.5 Å². The van der Waals surface area contributed by atoms with Crippen LogP contribution in [-0.4, -0.2) is 68.7 Å². The highest BCUT2D eigenvalue weighted by Crippen LogP contribution is 2.26. The maximum Gasteiger partial charge on any atom is 0.255 e. The Bertz CT molecular complexity index is 1090. The molecule has 0 bridgehead atoms. The van der Waals surface area contributed by atoms with Gasteiger partial charge in [-0.1, -0.05) is 0 Å². The van der Waals surface area contributed by atoms with Crippen molar-refractivity contribution in [1.29, 1.82) is 5.26 Å². The lowest BCUT2D eigenvalue weighted by Crippen LogP contribution is -2.50. The molecule has 11 heteroatoms. The molecule has 0 aliphatic carbocycles. The molecule has 1 aromatic heterocycles. The molecule has 0 unspecified atom stereocenters. The Morgan fingerprint density at radius 1 is 1.24 bits per heavy atom. The Labute approximate surface area is 195 Å². The third-order valence-electron chi connectivity index (χ3n) is 6.31. The van der Waals surface area contributed by atoms with E-state index in [1.165, 1.54) is 23.4 Å². The first kappa shape index (κ1) is 23.5. The van der Waals surface area contributed by atoms with Crippen molar-refractivity contribution in [3.8, 4) is 6.07 Å². The Kier molecular flexibility index (Phi) is 7.00. The quantitative estimate of drug-likeness (QED) is 0.541. The van der Waals surface area contributed by atoms with Crippen LogP contribution in [0.5, 0.6) is 0 Å². The number of aliphatic hydroxyl groups is 2.